The lowest BCUT2D eigenvalue weighted by atomic mass is 9.98. The van der Waals surface area contributed by atoms with Gasteiger partial charge >= 0.3 is 0 Å². The average molecular weight is 214 g/mol. The van der Waals surface area contributed by atoms with Crippen LogP contribution >= 0.6 is 0 Å². The number of unbranched alkanes of at least 4 members (excludes halogenated alkanes) is 1. The summed E-state index contributed by atoms with van der Waals surface area (Å²) < 4.78 is 0. The van der Waals surface area contributed by atoms with Gasteiger partial charge in [-0.1, -0.05) is 32.0 Å². The van der Waals surface area contributed by atoms with E-state index in [4.69, 9.17) is 5.41 Å². The average Bonchev–Trinajstić information content (AvgIpc) is 2.35. The molecule has 1 aromatic carbocycles. The van der Waals surface area contributed by atoms with Crippen LogP contribution in [0.15, 0.2) is 35.9 Å². The van der Waals surface area contributed by atoms with Gasteiger partial charge in [0.2, 0.25) is 5.71 Å². The third kappa shape index (κ3) is 3.60. The molecule has 0 fully saturated rings. The fourth-order valence-electron chi connectivity index (χ4n) is 1.61. The van der Waals surface area contributed by atoms with Gasteiger partial charge < -0.3 is 0 Å². The van der Waals surface area contributed by atoms with E-state index in [1.807, 2.05) is 30.3 Å². The van der Waals surface area contributed by atoms with Gasteiger partial charge in [0.1, 0.15) is 0 Å². The zero-order valence-electron chi connectivity index (χ0n) is 10.2. The van der Waals surface area contributed by atoms with Crippen molar-refractivity contribution in [3.8, 4) is 0 Å². The molecule has 0 saturated heterocycles. The quantitative estimate of drug-likeness (QED) is 0.536. The predicted molar refractivity (Wildman–Crippen MR) is 69.8 cm³/mol. The van der Waals surface area contributed by atoms with Crippen molar-refractivity contribution < 1.29 is 0 Å². The molecule has 16 heavy (non-hydrogen) atoms. The number of hydrogen-bond acceptors (Lipinski definition) is 1. The molecule has 1 aromatic rings. The maximum Gasteiger partial charge on any atom is 0.208 e. The van der Waals surface area contributed by atoms with Gasteiger partial charge in [0.05, 0.1) is 18.1 Å². The Morgan fingerprint density at radius 3 is 2.38 bits per heavy atom. The first-order chi connectivity index (χ1) is 7.79. The molecule has 1 heteroatoms. The molecule has 1 rings (SSSR count). The highest BCUT2D eigenvalue weighted by molar-refractivity contribution is 6.10. The predicted octanol–water partition coefficient (Wildman–Crippen LogP) is 4.38. The Morgan fingerprint density at radius 2 is 1.81 bits per heavy atom. The summed E-state index contributed by atoms with van der Waals surface area (Å²) in [6.45, 7) is 4.29. The highest BCUT2D eigenvalue weighted by atomic mass is 14.4. The third-order valence-electron chi connectivity index (χ3n) is 2.45. The summed E-state index contributed by atoms with van der Waals surface area (Å²) in [5.41, 5.74) is 2.70. The molecule has 0 radical (unpaired) electrons. The van der Waals surface area contributed by atoms with Crippen LogP contribution in [0.3, 0.4) is 0 Å². The second-order valence-corrected chi connectivity index (χ2v) is 3.90. The molecular formula is C15H20N+. The van der Waals surface area contributed by atoms with E-state index in [2.05, 4.69) is 19.9 Å². The molecule has 0 aliphatic carbocycles. The fourth-order valence-corrected chi connectivity index (χ4v) is 1.61. The molecule has 0 heterocycles. The zero-order chi connectivity index (χ0) is 11.8. The van der Waals surface area contributed by atoms with E-state index < -0.39 is 0 Å². The fraction of sp³-hybridized carbons (Fsp3) is 0.400. The first-order valence-electron chi connectivity index (χ1n) is 6.03. The van der Waals surface area contributed by atoms with Crippen LogP contribution in [0.25, 0.3) is 0 Å². The van der Waals surface area contributed by atoms with Crippen molar-refractivity contribution in [2.75, 3.05) is 0 Å². The van der Waals surface area contributed by atoms with Gasteiger partial charge in [-0.05, 0) is 25.0 Å². The minimum Gasteiger partial charge on any atom is -0.204 e. The highest BCUT2D eigenvalue weighted by Crippen LogP contribution is 2.14. The van der Waals surface area contributed by atoms with Crippen molar-refractivity contribution in [2.24, 2.45) is 0 Å². The highest BCUT2D eigenvalue weighted by Gasteiger charge is 2.18. The van der Waals surface area contributed by atoms with Crippen molar-refractivity contribution in [3.05, 3.63) is 47.5 Å². The first kappa shape index (κ1) is 12.6. The van der Waals surface area contributed by atoms with E-state index >= 15 is 0 Å². The first-order valence-corrected chi connectivity index (χ1v) is 6.03. The van der Waals surface area contributed by atoms with Gasteiger partial charge in [-0.2, -0.15) is 0 Å². The molecule has 84 valence electrons. The van der Waals surface area contributed by atoms with Gasteiger partial charge in [-0.25, -0.2) is 5.41 Å². The molecule has 0 amide bonds. The van der Waals surface area contributed by atoms with Crippen LogP contribution in [0, 0.1) is 11.5 Å². The minimum atomic E-state index is 0.635. The minimum absolute atomic E-state index is 0.635. The van der Waals surface area contributed by atoms with Crippen molar-refractivity contribution >= 4 is 5.71 Å². The number of allylic oxidation sites excluding steroid dienone is 2. The Balaban J connectivity index is 2.83. The molecule has 0 spiro atoms. The molecule has 0 aromatic heterocycles. The van der Waals surface area contributed by atoms with Crippen molar-refractivity contribution in [1.82, 2.24) is 0 Å². The largest absolute Gasteiger partial charge is 0.208 e. The molecule has 0 aliphatic heterocycles. The summed E-state index contributed by atoms with van der Waals surface area (Å²) in [5.74, 6) is 0. The summed E-state index contributed by atoms with van der Waals surface area (Å²) in [5, 5.41) is 8.17. The second kappa shape index (κ2) is 6.92. The third-order valence-corrected chi connectivity index (χ3v) is 2.45. The van der Waals surface area contributed by atoms with Crippen LogP contribution in [0.2, 0.25) is 0 Å². The SMILES string of the molecule is CCC[C+]=C(CCC)C(=N)c1ccccc1. The number of nitrogens with one attached hydrogen (secondary N) is 1. The van der Waals surface area contributed by atoms with Crippen LogP contribution in [-0.4, -0.2) is 5.71 Å². The van der Waals surface area contributed by atoms with E-state index in [9.17, 15) is 0 Å². The number of benzene rings is 1. The Morgan fingerprint density at radius 1 is 1.12 bits per heavy atom. The molecule has 0 saturated carbocycles. The molecule has 1 N–H and O–H groups in total. The maximum atomic E-state index is 8.17. The lowest BCUT2D eigenvalue weighted by molar-refractivity contribution is 0.886. The monoisotopic (exact) mass is 214 g/mol. The van der Waals surface area contributed by atoms with Crippen LogP contribution in [0.5, 0.6) is 0 Å². The van der Waals surface area contributed by atoms with Crippen molar-refractivity contribution in [2.45, 2.75) is 39.5 Å². The second-order valence-electron chi connectivity index (χ2n) is 3.90. The normalized spacial score (nSPS) is 11.0. The van der Waals surface area contributed by atoms with E-state index in [0.717, 1.165) is 36.8 Å². The van der Waals surface area contributed by atoms with Crippen LogP contribution in [0.1, 0.15) is 45.1 Å². The van der Waals surface area contributed by atoms with Crippen LogP contribution < -0.4 is 0 Å². The summed E-state index contributed by atoms with van der Waals surface area (Å²) in [6.07, 6.45) is 7.43. The molecular weight excluding hydrogens is 194 g/mol. The summed E-state index contributed by atoms with van der Waals surface area (Å²) >= 11 is 0. The standard InChI is InChI=1S/C15H20N/c1-3-5-10-13(9-4-2)15(16)14-11-7-6-8-12-14/h6-8,11-12,16H,3-5,9H2,1-2H3/q+1. The summed E-state index contributed by atoms with van der Waals surface area (Å²) in [6, 6.07) is 9.92. The summed E-state index contributed by atoms with van der Waals surface area (Å²) in [4.78, 5) is 0. The Kier molecular flexibility index (Phi) is 5.45. The maximum absolute atomic E-state index is 8.17. The van der Waals surface area contributed by atoms with Crippen LogP contribution in [-0.2, 0) is 0 Å². The molecule has 0 bridgehead atoms. The topological polar surface area (TPSA) is 23.9 Å². The molecule has 0 aliphatic rings. The Hall–Kier alpha value is -1.46. The van der Waals surface area contributed by atoms with Gasteiger partial charge in [-0.15, -0.1) is 0 Å². The van der Waals surface area contributed by atoms with E-state index in [1.165, 1.54) is 0 Å². The molecule has 0 unspecified atom stereocenters. The zero-order valence-corrected chi connectivity index (χ0v) is 10.2. The molecule has 1 nitrogen and oxygen atoms in total. The lowest BCUT2D eigenvalue weighted by Gasteiger charge is -1.97. The number of rotatable bonds is 6. The van der Waals surface area contributed by atoms with E-state index in [1.54, 1.807) is 0 Å². The van der Waals surface area contributed by atoms with Crippen LogP contribution in [0.4, 0.5) is 0 Å². The van der Waals surface area contributed by atoms with Crippen molar-refractivity contribution in [1.29, 1.82) is 5.41 Å². The van der Waals surface area contributed by atoms with E-state index in [0.29, 0.717) is 5.71 Å². The van der Waals surface area contributed by atoms with Gasteiger partial charge in [-0.3, -0.25) is 0 Å². The summed E-state index contributed by atoms with van der Waals surface area (Å²) in [7, 11) is 0. The van der Waals surface area contributed by atoms with Crippen molar-refractivity contribution in [3.63, 3.8) is 0 Å². The van der Waals surface area contributed by atoms with Gasteiger partial charge in [0.25, 0.3) is 0 Å². The van der Waals surface area contributed by atoms with Gasteiger partial charge in [0.15, 0.2) is 5.57 Å². The lowest BCUT2D eigenvalue weighted by Crippen LogP contribution is -2.03. The smallest absolute Gasteiger partial charge is 0.204 e. The van der Waals surface area contributed by atoms with Gasteiger partial charge in [0, 0.05) is 6.42 Å². The Bertz CT molecular complexity index is 349. The van der Waals surface area contributed by atoms with E-state index in [-0.39, 0.29) is 0 Å². The Labute approximate surface area is 98.7 Å². The number of hydrogen-bond donors (Lipinski definition) is 1. The molecule has 0 atom stereocenters.